The van der Waals surface area contributed by atoms with Crippen LogP contribution in [0.3, 0.4) is 0 Å². The molecule has 4 heteroatoms. The first kappa shape index (κ1) is 10.8. The van der Waals surface area contributed by atoms with Crippen molar-refractivity contribution in [3.05, 3.63) is 45.8 Å². The highest BCUT2D eigenvalue weighted by Gasteiger charge is 2.08. The Balaban J connectivity index is 1.88. The third kappa shape index (κ3) is 2.85. The van der Waals surface area contributed by atoms with E-state index in [2.05, 4.69) is 34.8 Å². The van der Waals surface area contributed by atoms with E-state index in [9.17, 15) is 0 Å². The second kappa shape index (κ2) is 4.85. The molecule has 0 radical (unpaired) electrons. The van der Waals surface area contributed by atoms with E-state index in [0.29, 0.717) is 6.54 Å². The highest BCUT2D eigenvalue weighted by Crippen LogP contribution is 2.14. The zero-order valence-corrected chi connectivity index (χ0v) is 10.5. The Hall–Kier alpha value is -0.750. The van der Waals surface area contributed by atoms with Crippen LogP contribution in [0.15, 0.2) is 39.4 Å². The van der Waals surface area contributed by atoms with Gasteiger partial charge in [0.25, 0.3) is 0 Å². The summed E-state index contributed by atoms with van der Waals surface area (Å²) >= 11 is 2.16. The minimum absolute atomic E-state index is 0.197. The summed E-state index contributed by atoms with van der Waals surface area (Å²) in [6.07, 6.45) is 1.68. The van der Waals surface area contributed by atoms with Gasteiger partial charge >= 0.3 is 0 Å². The molecule has 0 saturated heterocycles. The van der Waals surface area contributed by atoms with E-state index in [4.69, 9.17) is 8.83 Å². The fraction of sp³-hybridized carbons (Fsp3) is 0.273. The van der Waals surface area contributed by atoms with Crippen LogP contribution in [0.25, 0.3) is 0 Å². The van der Waals surface area contributed by atoms with Crippen LogP contribution in [0.2, 0.25) is 0 Å². The molecule has 0 spiro atoms. The van der Waals surface area contributed by atoms with Gasteiger partial charge in [0.05, 0.1) is 18.8 Å². The van der Waals surface area contributed by atoms with Crippen molar-refractivity contribution in [3.8, 4) is 0 Å². The van der Waals surface area contributed by atoms with Crippen molar-refractivity contribution in [2.75, 3.05) is 0 Å². The van der Waals surface area contributed by atoms with Crippen LogP contribution >= 0.6 is 22.6 Å². The summed E-state index contributed by atoms with van der Waals surface area (Å²) < 4.78 is 11.7. The minimum Gasteiger partial charge on any atom is -0.468 e. The zero-order chi connectivity index (χ0) is 10.7. The Kier molecular flexibility index (Phi) is 3.48. The van der Waals surface area contributed by atoms with E-state index in [1.807, 2.05) is 24.3 Å². The molecule has 0 unspecified atom stereocenters. The molecular formula is C11H12INO2. The maximum Gasteiger partial charge on any atom is 0.164 e. The number of hydrogen-bond donors (Lipinski definition) is 1. The summed E-state index contributed by atoms with van der Waals surface area (Å²) in [5.41, 5.74) is 0. The third-order valence-corrected chi connectivity index (χ3v) is 2.76. The monoisotopic (exact) mass is 317 g/mol. The van der Waals surface area contributed by atoms with Gasteiger partial charge in [-0.2, -0.15) is 0 Å². The molecule has 2 heterocycles. The molecule has 1 atom stereocenters. The molecule has 2 rings (SSSR count). The second-order valence-electron chi connectivity index (χ2n) is 3.32. The van der Waals surface area contributed by atoms with Crippen LogP contribution < -0.4 is 5.32 Å². The first-order chi connectivity index (χ1) is 7.25. The van der Waals surface area contributed by atoms with Crippen LogP contribution in [0, 0.1) is 3.77 Å². The summed E-state index contributed by atoms with van der Waals surface area (Å²) in [6, 6.07) is 7.98. The van der Waals surface area contributed by atoms with Crippen LogP contribution in [-0.2, 0) is 6.54 Å². The molecule has 80 valence electrons. The first-order valence-electron chi connectivity index (χ1n) is 4.76. The molecule has 0 saturated carbocycles. The van der Waals surface area contributed by atoms with Crippen molar-refractivity contribution >= 4 is 22.6 Å². The molecule has 2 aromatic heterocycles. The van der Waals surface area contributed by atoms with Gasteiger partial charge in [-0.25, -0.2) is 0 Å². The fourth-order valence-corrected chi connectivity index (χ4v) is 1.80. The highest BCUT2D eigenvalue weighted by atomic mass is 127. The lowest BCUT2D eigenvalue weighted by atomic mass is 10.2. The smallest absolute Gasteiger partial charge is 0.164 e. The number of hydrogen-bond acceptors (Lipinski definition) is 3. The first-order valence-corrected chi connectivity index (χ1v) is 5.84. The minimum atomic E-state index is 0.197. The van der Waals surface area contributed by atoms with Gasteiger partial charge in [0, 0.05) is 0 Å². The van der Waals surface area contributed by atoms with E-state index in [-0.39, 0.29) is 6.04 Å². The van der Waals surface area contributed by atoms with Crippen LogP contribution in [-0.4, -0.2) is 0 Å². The fourth-order valence-electron chi connectivity index (χ4n) is 1.34. The summed E-state index contributed by atoms with van der Waals surface area (Å²) in [5, 5.41) is 3.32. The van der Waals surface area contributed by atoms with Crippen LogP contribution in [0.5, 0.6) is 0 Å². The Morgan fingerprint density at radius 3 is 2.87 bits per heavy atom. The van der Waals surface area contributed by atoms with Gasteiger partial charge in [-0.15, -0.1) is 0 Å². The Labute approximate surface area is 102 Å². The quantitative estimate of drug-likeness (QED) is 0.879. The molecule has 0 bridgehead atoms. The van der Waals surface area contributed by atoms with Crippen molar-refractivity contribution in [2.45, 2.75) is 19.5 Å². The molecule has 0 fully saturated rings. The van der Waals surface area contributed by atoms with Crippen molar-refractivity contribution in [3.63, 3.8) is 0 Å². The summed E-state index contributed by atoms with van der Waals surface area (Å²) in [6.45, 7) is 2.78. The Morgan fingerprint density at radius 1 is 1.40 bits per heavy atom. The van der Waals surface area contributed by atoms with E-state index >= 15 is 0 Å². The number of rotatable bonds is 4. The molecule has 2 aromatic rings. The maximum absolute atomic E-state index is 5.44. The van der Waals surface area contributed by atoms with Gasteiger partial charge in [0.2, 0.25) is 0 Å². The summed E-state index contributed by atoms with van der Waals surface area (Å²) in [5.74, 6) is 1.88. The van der Waals surface area contributed by atoms with Gasteiger partial charge in [-0.1, -0.05) is 0 Å². The van der Waals surface area contributed by atoms with E-state index in [0.717, 1.165) is 15.3 Å². The second-order valence-corrected chi connectivity index (χ2v) is 4.39. The van der Waals surface area contributed by atoms with E-state index in [1.165, 1.54) is 0 Å². The van der Waals surface area contributed by atoms with E-state index < -0.39 is 0 Å². The Morgan fingerprint density at radius 2 is 2.27 bits per heavy atom. The topological polar surface area (TPSA) is 38.3 Å². The molecule has 1 N–H and O–H groups in total. The van der Waals surface area contributed by atoms with Gasteiger partial charge < -0.3 is 14.2 Å². The summed E-state index contributed by atoms with van der Waals surface area (Å²) in [4.78, 5) is 0. The van der Waals surface area contributed by atoms with Crippen molar-refractivity contribution < 1.29 is 8.83 Å². The molecule has 3 nitrogen and oxygen atoms in total. The normalized spacial score (nSPS) is 12.9. The molecule has 0 amide bonds. The molecule has 15 heavy (non-hydrogen) atoms. The lowest BCUT2D eigenvalue weighted by molar-refractivity contribution is 0.402. The van der Waals surface area contributed by atoms with Crippen molar-refractivity contribution in [1.29, 1.82) is 0 Å². The van der Waals surface area contributed by atoms with Crippen LogP contribution in [0.1, 0.15) is 24.5 Å². The average Bonchev–Trinajstić information content (AvgIpc) is 2.84. The van der Waals surface area contributed by atoms with Gasteiger partial charge in [0.15, 0.2) is 3.77 Å². The molecule has 0 aromatic carbocycles. The lowest BCUT2D eigenvalue weighted by Crippen LogP contribution is -2.17. The standard InChI is InChI=1S/C11H12INO2/c1-8(10-3-2-6-14-10)13-7-9-4-5-11(12)15-9/h2-6,8,13H,7H2,1H3/t8-/m0/s1. The molecule has 0 aliphatic carbocycles. The number of nitrogens with one attached hydrogen (secondary N) is 1. The molecular weight excluding hydrogens is 305 g/mol. The summed E-state index contributed by atoms with van der Waals surface area (Å²) in [7, 11) is 0. The van der Waals surface area contributed by atoms with E-state index in [1.54, 1.807) is 6.26 Å². The highest BCUT2D eigenvalue weighted by molar-refractivity contribution is 14.1. The predicted octanol–water partition coefficient (Wildman–Crippen LogP) is 3.33. The Bertz CT molecular complexity index is 408. The predicted molar refractivity (Wildman–Crippen MR) is 65.4 cm³/mol. The third-order valence-electron chi connectivity index (χ3n) is 2.18. The zero-order valence-electron chi connectivity index (χ0n) is 8.37. The molecule has 0 aliphatic rings. The number of furan rings is 2. The van der Waals surface area contributed by atoms with Gasteiger partial charge in [-0.3, -0.25) is 0 Å². The van der Waals surface area contributed by atoms with Gasteiger partial charge in [-0.05, 0) is 53.8 Å². The van der Waals surface area contributed by atoms with Crippen LogP contribution in [0.4, 0.5) is 0 Å². The van der Waals surface area contributed by atoms with Crippen molar-refractivity contribution in [1.82, 2.24) is 5.32 Å². The maximum atomic E-state index is 5.44. The SMILES string of the molecule is C[C@H](NCc1ccc(I)o1)c1ccco1. The molecule has 0 aliphatic heterocycles. The van der Waals surface area contributed by atoms with Crippen molar-refractivity contribution in [2.24, 2.45) is 0 Å². The lowest BCUT2D eigenvalue weighted by Gasteiger charge is -2.09. The largest absolute Gasteiger partial charge is 0.468 e. The van der Waals surface area contributed by atoms with Gasteiger partial charge in [0.1, 0.15) is 11.5 Å². The average molecular weight is 317 g/mol. The number of halogens is 1.